The summed E-state index contributed by atoms with van der Waals surface area (Å²) in [5.74, 6) is 0.514. The molecule has 0 atom stereocenters. The quantitative estimate of drug-likeness (QED) is 0.204. The van der Waals surface area contributed by atoms with Crippen LogP contribution in [0.25, 0.3) is 44.3 Å². The van der Waals surface area contributed by atoms with Crippen LogP contribution < -0.4 is 10.7 Å². The van der Waals surface area contributed by atoms with Gasteiger partial charge in [-0.05, 0) is 85.9 Å². The van der Waals surface area contributed by atoms with E-state index in [-0.39, 0.29) is 5.43 Å². The summed E-state index contributed by atoms with van der Waals surface area (Å²) in [6.45, 7) is 5.57. The van der Waals surface area contributed by atoms with E-state index in [9.17, 15) is 9.59 Å². The first-order valence-electron chi connectivity index (χ1n) is 13.4. The van der Waals surface area contributed by atoms with Gasteiger partial charge in [-0.25, -0.2) is 4.79 Å². The maximum atomic E-state index is 14.1. The largest absolute Gasteiger partial charge is 0.453 e. The van der Waals surface area contributed by atoms with Crippen molar-refractivity contribution in [1.82, 2.24) is 15.1 Å². The van der Waals surface area contributed by atoms with Crippen LogP contribution in [0.3, 0.4) is 0 Å². The van der Waals surface area contributed by atoms with Crippen molar-refractivity contribution in [2.24, 2.45) is 7.05 Å². The molecule has 0 radical (unpaired) electrons. The van der Waals surface area contributed by atoms with E-state index < -0.39 is 17.2 Å². The summed E-state index contributed by atoms with van der Waals surface area (Å²) in [7, 11) is 1.86. The Kier molecular flexibility index (Phi) is 6.48. The van der Waals surface area contributed by atoms with Gasteiger partial charge in [0.25, 0.3) is 0 Å². The van der Waals surface area contributed by atoms with E-state index in [0.717, 1.165) is 50.6 Å². The fourth-order valence-corrected chi connectivity index (χ4v) is 6.25. The van der Waals surface area contributed by atoms with Gasteiger partial charge in [0.2, 0.25) is 5.43 Å². The molecular weight excluding hydrogens is 617 g/mol. The second-order valence-electron chi connectivity index (χ2n) is 11.4. The Labute approximate surface area is 245 Å². The standard InChI is InChI=1S/C32H30IN3O4/c1-31(2,3)40-30(38)34-32(17-8-18-32)21-13-11-19(12-14-21)24-26(37)23-16-15-22-25(36(4)35-29(22)33)28(23)39-27(24)20-9-6-5-7-10-20/h5-7,9-16H,8,17-18H2,1-4H3,(H,34,38). The van der Waals surface area contributed by atoms with Gasteiger partial charge in [-0.3, -0.25) is 9.48 Å². The molecule has 8 heteroatoms. The third-order valence-electron chi connectivity index (χ3n) is 7.53. The van der Waals surface area contributed by atoms with Crippen LogP contribution in [-0.4, -0.2) is 21.5 Å². The van der Waals surface area contributed by atoms with Crippen LogP contribution in [0.2, 0.25) is 0 Å². The van der Waals surface area contributed by atoms with Crippen LogP contribution in [0.15, 0.2) is 75.9 Å². The van der Waals surface area contributed by atoms with Crippen molar-refractivity contribution in [3.63, 3.8) is 0 Å². The number of hydrogen-bond donors (Lipinski definition) is 1. The number of ether oxygens (including phenoxy) is 1. The Bertz CT molecular complexity index is 1810. The first kappa shape index (κ1) is 26.6. The number of nitrogens with one attached hydrogen (secondary N) is 1. The molecule has 0 unspecified atom stereocenters. The number of amides is 1. The lowest BCUT2D eigenvalue weighted by molar-refractivity contribution is 0.0377. The van der Waals surface area contributed by atoms with E-state index in [0.29, 0.717) is 22.3 Å². The lowest BCUT2D eigenvalue weighted by atomic mass is 9.71. The molecule has 3 aromatic carbocycles. The van der Waals surface area contributed by atoms with E-state index in [1.54, 1.807) is 4.68 Å². The minimum atomic E-state index is -0.573. The molecule has 1 amide bonds. The monoisotopic (exact) mass is 647 g/mol. The zero-order valence-electron chi connectivity index (χ0n) is 22.9. The van der Waals surface area contributed by atoms with Crippen LogP contribution in [0.4, 0.5) is 4.79 Å². The SMILES string of the molecule is Cn1nc(I)c2ccc3c(=O)c(-c4ccc(C5(NC(=O)OC(C)(C)C)CCC5)cc4)c(-c4ccccc4)oc3c21. The van der Waals surface area contributed by atoms with Crippen molar-refractivity contribution in [2.75, 3.05) is 0 Å². The molecule has 0 saturated heterocycles. The zero-order valence-corrected chi connectivity index (χ0v) is 25.0. The molecule has 1 saturated carbocycles. The highest BCUT2D eigenvalue weighted by atomic mass is 127. The second-order valence-corrected chi connectivity index (χ2v) is 12.4. The lowest BCUT2D eigenvalue weighted by Crippen LogP contribution is -2.52. The van der Waals surface area contributed by atoms with Crippen LogP contribution in [0, 0.1) is 3.70 Å². The molecule has 0 bridgehead atoms. The van der Waals surface area contributed by atoms with Crippen LogP contribution in [-0.2, 0) is 17.3 Å². The van der Waals surface area contributed by atoms with Gasteiger partial charge in [-0.15, -0.1) is 0 Å². The molecule has 0 spiro atoms. The van der Waals surface area contributed by atoms with Crippen molar-refractivity contribution in [3.8, 4) is 22.5 Å². The average Bonchev–Trinajstić information content (AvgIpc) is 3.19. The van der Waals surface area contributed by atoms with E-state index in [4.69, 9.17) is 9.15 Å². The number of halogens is 1. The fourth-order valence-electron chi connectivity index (χ4n) is 5.49. The summed E-state index contributed by atoms with van der Waals surface area (Å²) in [6, 6.07) is 21.3. The topological polar surface area (TPSA) is 86.4 Å². The summed E-state index contributed by atoms with van der Waals surface area (Å²) in [4.78, 5) is 26.8. The highest BCUT2D eigenvalue weighted by Crippen LogP contribution is 2.43. The second kappa shape index (κ2) is 9.76. The van der Waals surface area contributed by atoms with Gasteiger partial charge in [0.1, 0.15) is 20.6 Å². The molecule has 1 fully saturated rings. The molecule has 6 rings (SSSR count). The number of aromatic nitrogens is 2. The van der Waals surface area contributed by atoms with Gasteiger partial charge in [-0.1, -0.05) is 54.6 Å². The Morgan fingerprint density at radius 3 is 2.30 bits per heavy atom. The van der Waals surface area contributed by atoms with Crippen molar-refractivity contribution in [3.05, 3.63) is 86.2 Å². The summed E-state index contributed by atoms with van der Waals surface area (Å²) < 4.78 is 14.8. The number of carbonyl (C=O) groups excluding carboxylic acids is 1. The number of rotatable bonds is 4. The summed E-state index contributed by atoms with van der Waals surface area (Å²) in [5.41, 5.74) is 3.23. The summed E-state index contributed by atoms with van der Waals surface area (Å²) in [6.07, 6.45) is 2.26. The van der Waals surface area contributed by atoms with Crippen LogP contribution in [0.1, 0.15) is 45.6 Å². The Morgan fingerprint density at radius 2 is 1.68 bits per heavy atom. The van der Waals surface area contributed by atoms with Gasteiger partial charge in [0.05, 0.1) is 16.5 Å². The number of benzene rings is 3. The molecule has 204 valence electrons. The smallest absolute Gasteiger partial charge is 0.408 e. The van der Waals surface area contributed by atoms with Gasteiger partial charge in [0, 0.05) is 18.0 Å². The molecule has 7 nitrogen and oxygen atoms in total. The first-order chi connectivity index (χ1) is 19.1. The maximum Gasteiger partial charge on any atom is 0.408 e. The molecule has 5 aromatic rings. The molecule has 1 aliphatic carbocycles. The predicted molar refractivity (Wildman–Crippen MR) is 165 cm³/mol. The summed E-state index contributed by atoms with van der Waals surface area (Å²) in [5, 5.41) is 9.10. The number of hydrogen-bond acceptors (Lipinski definition) is 5. The number of fused-ring (bicyclic) bond motifs is 3. The lowest BCUT2D eigenvalue weighted by Gasteiger charge is -2.43. The van der Waals surface area contributed by atoms with Crippen molar-refractivity contribution >= 4 is 50.6 Å². The normalized spacial score (nSPS) is 14.7. The Hall–Kier alpha value is -3.66. The number of nitrogens with zero attached hydrogens (tertiary/aromatic N) is 2. The third-order valence-corrected chi connectivity index (χ3v) is 8.32. The summed E-state index contributed by atoms with van der Waals surface area (Å²) >= 11 is 2.20. The predicted octanol–water partition coefficient (Wildman–Crippen LogP) is 7.52. The number of alkyl carbamates (subject to hydrolysis) is 1. The van der Waals surface area contributed by atoms with Crippen molar-refractivity contribution < 1.29 is 13.9 Å². The first-order valence-corrected chi connectivity index (χ1v) is 14.4. The molecule has 40 heavy (non-hydrogen) atoms. The molecule has 1 N–H and O–H groups in total. The maximum absolute atomic E-state index is 14.1. The minimum absolute atomic E-state index is 0.101. The van der Waals surface area contributed by atoms with Crippen molar-refractivity contribution in [1.29, 1.82) is 0 Å². The van der Waals surface area contributed by atoms with E-state index in [1.165, 1.54) is 0 Å². The highest BCUT2D eigenvalue weighted by molar-refractivity contribution is 14.1. The van der Waals surface area contributed by atoms with Crippen LogP contribution in [0.5, 0.6) is 0 Å². The average molecular weight is 648 g/mol. The molecule has 2 aromatic heterocycles. The molecular formula is C32H30IN3O4. The zero-order chi connectivity index (χ0) is 28.2. The van der Waals surface area contributed by atoms with Gasteiger partial charge in [-0.2, -0.15) is 5.10 Å². The van der Waals surface area contributed by atoms with Gasteiger partial charge in [0.15, 0.2) is 5.58 Å². The third kappa shape index (κ3) is 4.58. The Balaban J connectivity index is 1.48. The van der Waals surface area contributed by atoms with Crippen molar-refractivity contribution in [2.45, 2.75) is 51.2 Å². The van der Waals surface area contributed by atoms with E-state index in [2.05, 4.69) is 33.0 Å². The number of aryl methyl sites for hydroxylation is 1. The van der Waals surface area contributed by atoms with Gasteiger partial charge < -0.3 is 14.5 Å². The number of carbonyl (C=O) groups is 1. The highest BCUT2D eigenvalue weighted by Gasteiger charge is 2.41. The Morgan fingerprint density at radius 1 is 1.00 bits per heavy atom. The van der Waals surface area contributed by atoms with Gasteiger partial charge >= 0.3 is 6.09 Å². The van der Waals surface area contributed by atoms with E-state index in [1.807, 2.05) is 94.5 Å². The van der Waals surface area contributed by atoms with Crippen LogP contribution >= 0.6 is 22.6 Å². The molecule has 2 heterocycles. The molecule has 0 aliphatic heterocycles. The molecule has 1 aliphatic rings. The minimum Gasteiger partial charge on any atom is -0.453 e. The fraction of sp³-hybridized carbons (Fsp3) is 0.281. The van der Waals surface area contributed by atoms with E-state index >= 15 is 0 Å².